The van der Waals surface area contributed by atoms with Crippen LogP contribution < -0.4 is 5.32 Å². The fourth-order valence-electron chi connectivity index (χ4n) is 3.43. The van der Waals surface area contributed by atoms with Crippen LogP contribution in [0.2, 0.25) is 0 Å². The van der Waals surface area contributed by atoms with Crippen molar-refractivity contribution in [3.63, 3.8) is 0 Å². The summed E-state index contributed by atoms with van der Waals surface area (Å²) in [7, 11) is 0. The Hall–Kier alpha value is -0.650. The average molecular weight is 280 g/mol. The first kappa shape index (κ1) is 14.3. The number of hydrogen-bond acceptors (Lipinski definition) is 4. The van der Waals surface area contributed by atoms with Crippen molar-refractivity contribution in [1.29, 1.82) is 0 Å². The van der Waals surface area contributed by atoms with Gasteiger partial charge in [0.2, 0.25) is 5.91 Å². The molecule has 0 aromatic heterocycles. The van der Waals surface area contributed by atoms with E-state index in [9.17, 15) is 4.79 Å². The Balaban J connectivity index is 1.40. The molecule has 0 aromatic rings. The number of carbonyl (C=O) groups is 1. The third-order valence-corrected chi connectivity index (χ3v) is 5.00. The van der Waals surface area contributed by atoms with Crippen LogP contribution in [-0.4, -0.2) is 85.6 Å². The van der Waals surface area contributed by atoms with Crippen LogP contribution in [0.1, 0.15) is 25.7 Å². The quantitative estimate of drug-likeness (QED) is 0.788. The highest BCUT2D eigenvalue weighted by Crippen LogP contribution is 2.12. The molecule has 3 fully saturated rings. The van der Waals surface area contributed by atoms with Gasteiger partial charge in [0.05, 0.1) is 6.54 Å². The van der Waals surface area contributed by atoms with Gasteiger partial charge in [0.1, 0.15) is 0 Å². The standard InChI is InChI=1S/C15H28N4O/c20-15(19-5-3-1-2-4-6-19)13-17-7-9-18(10-8-17)14-11-16-12-14/h14,16H,1-13H2. The van der Waals surface area contributed by atoms with Crippen molar-refractivity contribution in [2.24, 2.45) is 0 Å². The fraction of sp³-hybridized carbons (Fsp3) is 0.933. The lowest BCUT2D eigenvalue weighted by Gasteiger charge is -2.43. The minimum absolute atomic E-state index is 0.352. The Kier molecular flexibility index (Phi) is 4.91. The summed E-state index contributed by atoms with van der Waals surface area (Å²) in [5.74, 6) is 0.352. The van der Waals surface area contributed by atoms with E-state index < -0.39 is 0 Å². The molecule has 5 heteroatoms. The van der Waals surface area contributed by atoms with Crippen LogP contribution in [0, 0.1) is 0 Å². The third-order valence-electron chi connectivity index (χ3n) is 5.00. The molecule has 3 saturated heterocycles. The van der Waals surface area contributed by atoms with Crippen molar-refractivity contribution < 1.29 is 4.79 Å². The maximum absolute atomic E-state index is 12.4. The van der Waals surface area contributed by atoms with Gasteiger partial charge in [-0.15, -0.1) is 0 Å². The molecule has 3 aliphatic heterocycles. The summed E-state index contributed by atoms with van der Waals surface area (Å²) in [6.45, 7) is 9.24. The van der Waals surface area contributed by atoms with Crippen molar-refractivity contribution in [2.45, 2.75) is 31.7 Å². The molecule has 20 heavy (non-hydrogen) atoms. The molecule has 0 saturated carbocycles. The molecule has 0 aliphatic carbocycles. The van der Waals surface area contributed by atoms with Gasteiger partial charge in [-0.2, -0.15) is 0 Å². The molecule has 3 rings (SSSR count). The van der Waals surface area contributed by atoms with Crippen LogP contribution in [0.25, 0.3) is 0 Å². The molecule has 0 radical (unpaired) electrons. The van der Waals surface area contributed by atoms with Gasteiger partial charge in [0.25, 0.3) is 0 Å². The number of carbonyl (C=O) groups excluding carboxylic acids is 1. The van der Waals surface area contributed by atoms with Gasteiger partial charge in [0.15, 0.2) is 0 Å². The highest BCUT2D eigenvalue weighted by molar-refractivity contribution is 5.78. The summed E-state index contributed by atoms with van der Waals surface area (Å²) in [6.07, 6.45) is 4.96. The predicted molar refractivity (Wildman–Crippen MR) is 79.7 cm³/mol. The average Bonchev–Trinajstić information content (AvgIpc) is 2.68. The van der Waals surface area contributed by atoms with E-state index in [4.69, 9.17) is 0 Å². The van der Waals surface area contributed by atoms with Crippen molar-refractivity contribution in [3.05, 3.63) is 0 Å². The van der Waals surface area contributed by atoms with Gasteiger partial charge < -0.3 is 10.2 Å². The van der Waals surface area contributed by atoms with Crippen LogP contribution in [0.3, 0.4) is 0 Å². The molecule has 5 nitrogen and oxygen atoms in total. The number of amides is 1. The second kappa shape index (κ2) is 6.87. The maximum Gasteiger partial charge on any atom is 0.236 e. The van der Waals surface area contributed by atoms with Gasteiger partial charge in [0, 0.05) is 58.4 Å². The monoisotopic (exact) mass is 280 g/mol. The normalized spacial score (nSPS) is 27.1. The lowest BCUT2D eigenvalue weighted by atomic mass is 10.1. The second-order valence-corrected chi connectivity index (χ2v) is 6.42. The molecule has 0 unspecified atom stereocenters. The van der Waals surface area contributed by atoms with E-state index in [1.807, 2.05) is 0 Å². The number of likely N-dealkylation sites (tertiary alicyclic amines) is 1. The Morgan fingerprint density at radius 2 is 1.55 bits per heavy atom. The summed E-state index contributed by atoms with van der Waals surface area (Å²) in [4.78, 5) is 19.4. The van der Waals surface area contributed by atoms with Gasteiger partial charge in [-0.25, -0.2) is 0 Å². The lowest BCUT2D eigenvalue weighted by molar-refractivity contribution is -0.132. The highest BCUT2D eigenvalue weighted by Gasteiger charge is 2.28. The molecule has 3 heterocycles. The molecule has 114 valence electrons. The van der Waals surface area contributed by atoms with Crippen LogP contribution in [0.5, 0.6) is 0 Å². The largest absolute Gasteiger partial charge is 0.342 e. The van der Waals surface area contributed by atoms with E-state index >= 15 is 0 Å². The number of nitrogens with one attached hydrogen (secondary N) is 1. The zero-order chi connectivity index (χ0) is 13.8. The van der Waals surface area contributed by atoms with Crippen molar-refractivity contribution >= 4 is 5.91 Å². The molecule has 3 aliphatic rings. The number of rotatable bonds is 3. The van der Waals surface area contributed by atoms with Crippen LogP contribution in [-0.2, 0) is 4.79 Å². The van der Waals surface area contributed by atoms with Crippen LogP contribution in [0.15, 0.2) is 0 Å². The first-order chi connectivity index (χ1) is 9.83. The maximum atomic E-state index is 12.4. The van der Waals surface area contributed by atoms with E-state index in [0.717, 1.165) is 58.4 Å². The van der Waals surface area contributed by atoms with Gasteiger partial charge in [-0.3, -0.25) is 14.6 Å². The first-order valence-electron chi connectivity index (χ1n) is 8.28. The molecule has 0 aromatic carbocycles. The molecule has 0 bridgehead atoms. The first-order valence-corrected chi connectivity index (χ1v) is 8.28. The number of piperazine rings is 1. The van der Waals surface area contributed by atoms with Crippen molar-refractivity contribution in [1.82, 2.24) is 20.0 Å². The predicted octanol–water partition coefficient (Wildman–Crippen LogP) is -0.0216. The topological polar surface area (TPSA) is 38.8 Å². The second-order valence-electron chi connectivity index (χ2n) is 6.42. The Morgan fingerprint density at radius 3 is 2.10 bits per heavy atom. The molecule has 0 spiro atoms. The van der Waals surface area contributed by atoms with Crippen molar-refractivity contribution in [3.8, 4) is 0 Å². The van der Waals surface area contributed by atoms with Gasteiger partial charge >= 0.3 is 0 Å². The fourth-order valence-corrected chi connectivity index (χ4v) is 3.43. The zero-order valence-electron chi connectivity index (χ0n) is 12.5. The van der Waals surface area contributed by atoms with E-state index in [1.54, 1.807) is 0 Å². The van der Waals surface area contributed by atoms with E-state index in [-0.39, 0.29) is 0 Å². The Bertz CT molecular complexity index is 316. The summed E-state index contributed by atoms with van der Waals surface area (Å²) >= 11 is 0. The van der Waals surface area contributed by atoms with E-state index in [1.165, 1.54) is 25.7 Å². The molecule has 0 atom stereocenters. The Labute approximate surface area is 122 Å². The third kappa shape index (κ3) is 3.51. The molecule has 1 amide bonds. The highest BCUT2D eigenvalue weighted by atomic mass is 16.2. The number of nitrogens with zero attached hydrogens (tertiary/aromatic N) is 3. The van der Waals surface area contributed by atoms with Gasteiger partial charge in [-0.05, 0) is 12.8 Å². The number of hydrogen-bond donors (Lipinski definition) is 1. The smallest absolute Gasteiger partial charge is 0.236 e. The van der Waals surface area contributed by atoms with Crippen molar-refractivity contribution in [2.75, 3.05) is 58.9 Å². The Morgan fingerprint density at radius 1 is 0.900 bits per heavy atom. The molecular weight excluding hydrogens is 252 g/mol. The summed E-state index contributed by atoms with van der Waals surface area (Å²) in [6, 6.07) is 0.749. The van der Waals surface area contributed by atoms with E-state index in [0.29, 0.717) is 12.5 Å². The summed E-state index contributed by atoms with van der Waals surface area (Å²) in [5.41, 5.74) is 0. The van der Waals surface area contributed by atoms with Gasteiger partial charge in [-0.1, -0.05) is 12.8 Å². The minimum Gasteiger partial charge on any atom is -0.342 e. The van der Waals surface area contributed by atoms with Crippen LogP contribution >= 0.6 is 0 Å². The minimum atomic E-state index is 0.352. The molecule has 1 N–H and O–H groups in total. The summed E-state index contributed by atoms with van der Waals surface area (Å²) < 4.78 is 0. The zero-order valence-corrected chi connectivity index (χ0v) is 12.5. The summed E-state index contributed by atoms with van der Waals surface area (Å²) in [5, 5.41) is 3.33. The lowest BCUT2D eigenvalue weighted by Crippen LogP contribution is -2.62. The van der Waals surface area contributed by atoms with Crippen LogP contribution in [0.4, 0.5) is 0 Å². The molecular formula is C15H28N4O. The van der Waals surface area contributed by atoms with E-state index in [2.05, 4.69) is 20.0 Å². The SMILES string of the molecule is O=C(CN1CCN(C2CNC2)CC1)N1CCCCCC1.